The Balaban J connectivity index is 6.56. The smallest absolute Gasteiger partial charge is 0.200 e. The van der Waals surface area contributed by atoms with Crippen molar-refractivity contribution < 1.29 is 74.6 Å². The van der Waals surface area contributed by atoms with Crippen LogP contribution in [0.2, 0.25) is 12.6 Å². The first-order valence-electron chi connectivity index (χ1n) is 7.05. The van der Waals surface area contributed by atoms with Gasteiger partial charge in [0, 0.05) is 6.42 Å². The first-order chi connectivity index (χ1) is 13.0. The van der Waals surface area contributed by atoms with Gasteiger partial charge in [0.25, 0.3) is 0 Å². The van der Waals surface area contributed by atoms with Crippen molar-refractivity contribution >= 4 is 28.9 Å². The van der Waals surface area contributed by atoms with E-state index < -0.39 is 66.8 Å². The molecule has 0 aliphatic rings. The lowest BCUT2D eigenvalue weighted by molar-refractivity contribution is -0.461. The summed E-state index contributed by atoms with van der Waals surface area (Å²) < 4.78 is 221. The van der Waals surface area contributed by atoms with Crippen LogP contribution < -0.4 is 0 Å². The van der Waals surface area contributed by atoms with Crippen LogP contribution in [0.5, 0.6) is 0 Å². The zero-order chi connectivity index (χ0) is 25.9. The standard InChI is InChI=1S/C11H7Cl2F17Si/c1-31(12,13)3-2-4(14,15)5(16,17)6(18,19)7(20,21)8(22,23)9(24,25)10(26,27)11(28,29)30/h2-3H2,1H3. The number of hydrogen-bond acceptors (Lipinski definition) is 0. The fraction of sp³-hybridized carbons (Fsp3) is 1.00. The summed E-state index contributed by atoms with van der Waals surface area (Å²) >= 11 is 10.4. The second kappa shape index (κ2) is 7.84. The van der Waals surface area contributed by atoms with Gasteiger partial charge in [-0.05, 0) is 12.6 Å². The van der Waals surface area contributed by atoms with Gasteiger partial charge in [-0.25, -0.2) is 0 Å². The van der Waals surface area contributed by atoms with E-state index in [1.165, 1.54) is 0 Å². The topological polar surface area (TPSA) is 0 Å². The van der Waals surface area contributed by atoms with Crippen molar-refractivity contribution in [2.24, 2.45) is 0 Å². The molecule has 0 fully saturated rings. The molecule has 0 nitrogen and oxygen atoms in total. The highest BCUT2D eigenvalue weighted by molar-refractivity contribution is 7.44. The molecule has 0 heterocycles. The molecule has 0 aromatic rings. The van der Waals surface area contributed by atoms with Gasteiger partial charge in [0.15, 0.2) is 0 Å². The normalized spacial score (nSPS) is 16.6. The van der Waals surface area contributed by atoms with Gasteiger partial charge in [0.05, 0.1) is 0 Å². The highest BCUT2D eigenvalue weighted by Gasteiger charge is 2.95. The quantitative estimate of drug-likeness (QED) is 0.153. The molecule has 188 valence electrons. The third kappa shape index (κ3) is 4.66. The van der Waals surface area contributed by atoms with E-state index in [0.717, 1.165) is 6.55 Å². The summed E-state index contributed by atoms with van der Waals surface area (Å²) in [6, 6.07) is -1.47. The zero-order valence-electron chi connectivity index (χ0n) is 14.1. The predicted octanol–water partition coefficient (Wildman–Crippen LogP) is 7.94. The molecule has 0 saturated carbocycles. The second-order valence-electron chi connectivity index (χ2n) is 6.22. The van der Waals surface area contributed by atoms with Crippen LogP contribution in [-0.2, 0) is 0 Å². The fourth-order valence-corrected chi connectivity index (χ4v) is 3.05. The van der Waals surface area contributed by atoms with Gasteiger partial charge in [0.1, 0.15) is 0 Å². The first-order valence-corrected chi connectivity index (χ1v) is 11.8. The van der Waals surface area contributed by atoms with Gasteiger partial charge >= 0.3 is 47.6 Å². The Hall–Kier alpha value is -0.393. The Morgan fingerprint density at radius 1 is 0.484 bits per heavy atom. The van der Waals surface area contributed by atoms with Crippen molar-refractivity contribution in [3.05, 3.63) is 0 Å². The molecule has 0 aliphatic heterocycles. The molecule has 0 N–H and O–H groups in total. The van der Waals surface area contributed by atoms with E-state index in [1.54, 1.807) is 0 Å². The van der Waals surface area contributed by atoms with Crippen molar-refractivity contribution in [3.8, 4) is 0 Å². The maximum atomic E-state index is 13.5. The fourth-order valence-electron chi connectivity index (χ4n) is 1.73. The van der Waals surface area contributed by atoms with E-state index in [-0.39, 0.29) is 0 Å². The van der Waals surface area contributed by atoms with Crippen molar-refractivity contribution in [3.63, 3.8) is 0 Å². The lowest BCUT2D eigenvalue weighted by Gasteiger charge is -2.43. The lowest BCUT2D eigenvalue weighted by Crippen LogP contribution is -2.74. The number of hydrogen-bond donors (Lipinski definition) is 0. The van der Waals surface area contributed by atoms with Crippen LogP contribution in [0.3, 0.4) is 0 Å². The molecule has 0 atom stereocenters. The molecular weight excluding hydrogens is 554 g/mol. The molecule has 0 aromatic carbocycles. The van der Waals surface area contributed by atoms with Crippen LogP contribution in [0.1, 0.15) is 6.42 Å². The molecule has 0 spiro atoms. The zero-order valence-corrected chi connectivity index (χ0v) is 16.6. The summed E-state index contributed by atoms with van der Waals surface area (Å²) in [5, 5.41) is 0. The largest absolute Gasteiger partial charge is 0.460 e. The average Bonchev–Trinajstić information content (AvgIpc) is 2.50. The first kappa shape index (κ1) is 30.6. The highest BCUT2D eigenvalue weighted by atomic mass is 35.7. The van der Waals surface area contributed by atoms with Crippen molar-refractivity contribution in [1.29, 1.82) is 0 Å². The van der Waals surface area contributed by atoms with Crippen LogP contribution in [0, 0.1) is 0 Å². The molecule has 0 aromatic heterocycles. The Kier molecular flexibility index (Phi) is 7.74. The molecule has 31 heavy (non-hydrogen) atoms. The minimum Gasteiger partial charge on any atom is -0.200 e. The summed E-state index contributed by atoms with van der Waals surface area (Å²) in [5.74, 6) is -56.2. The third-order valence-electron chi connectivity index (χ3n) is 3.67. The molecule has 0 unspecified atom stereocenters. The molecule has 0 saturated heterocycles. The SMILES string of the molecule is C[Si](Cl)(Cl)CCC(F)(F)C(F)(F)C(F)(F)C(F)(F)C(F)(F)C(F)(F)C(F)(F)C(F)(F)F. The lowest BCUT2D eigenvalue weighted by atomic mass is 9.88. The van der Waals surface area contributed by atoms with Crippen molar-refractivity contribution in [2.45, 2.75) is 66.6 Å². The Bertz CT molecular complexity index is 647. The second-order valence-corrected chi connectivity index (χ2v) is 14.4. The predicted molar refractivity (Wildman–Crippen MR) is 73.4 cm³/mol. The van der Waals surface area contributed by atoms with E-state index in [9.17, 15) is 74.6 Å². The highest BCUT2D eigenvalue weighted by Crippen LogP contribution is 2.64. The maximum Gasteiger partial charge on any atom is 0.460 e. The van der Waals surface area contributed by atoms with E-state index in [4.69, 9.17) is 22.2 Å². The van der Waals surface area contributed by atoms with Gasteiger partial charge < -0.3 is 0 Å². The molecule has 0 bridgehead atoms. The van der Waals surface area contributed by atoms with Gasteiger partial charge in [0.2, 0.25) is 6.69 Å². The van der Waals surface area contributed by atoms with Gasteiger partial charge in [-0.1, -0.05) is 0 Å². The van der Waals surface area contributed by atoms with E-state index in [1.807, 2.05) is 0 Å². The summed E-state index contributed by atoms with van der Waals surface area (Å²) in [7, 11) is 0. The molecular formula is C11H7Cl2F17Si. The number of alkyl halides is 17. The molecule has 0 aliphatic carbocycles. The van der Waals surface area contributed by atoms with Gasteiger partial charge in [-0.2, -0.15) is 74.6 Å². The molecule has 0 amide bonds. The van der Waals surface area contributed by atoms with Crippen LogP contribution in [0.15, 0.2) is 0 Å². The van der Waals surface area contributed by atoms with Gasteiger partial charge in [-0.15, -0.1) is 22.2 Å². The summed E-state index contributed by atoms with van der Waals surface area (Å²) in [6.45, 7) is -3.13. The van der Waals surface area contributed by atoms with E-state index >= 15 is 0 Å². The Morgan fingerprint density at radius 2 is 0.742 bits per heavy atom. The van der Waals surface area contributed by atoms with Crippen LogP contribution >= 0.6 is 22.2 Å². The summed E-state index contributed by atoms with van der Waals surface area (Å²) in [5.41, 5.74) is 0. The van der Waals surface area contributed by atoms with Gasteiger partial charge in [-0.3, -0.25) is 0 Å². The molecule has 0 rings (SSSR count). The number of rotatable bonds is 9. The van der Waals surface area contributed by atoms with E-state index in [0.29, 0.717) is 0 Å². The minimum absolute atomic E-state index is 0.727. The van der Waals surface area contributed by atoms with E-state index in [2.05, 4.69) is 0 Å². The maximum absolute atomic E-state index is 13.5. The summed E-state index contributed by atoms with van der Waals surface area (Å²) in [4.78, 5) is 0. The Labute approximate surface area is 171 Å². The van der Waals surface area contributed by atoms with Crippen molar-refractivity contribution in [1.82, 2.24) is 0 Å². The number of halogens is 19. The molecule has 20 heteroatoms. The van der Waals surface area contributed by atoms with Crippen LogP contribution in [-0.4, -0.2) is 54.3 Å². The summed E-state index contributed by atoms with van der Waals surface area (Å²) in [6.07, 6.45) is -10.4. The van der Waals surface area contributed by atoms with Crippen molar-refractivity contribution in [2.75, 3.05) is 0 Å². The average molecular weight is 561 g/mol. The van der Waals surface area contributed by atoms with Crippen LogP contribution in [0.25, 0.3) is 0 Å². The molecule has 0 radical (unpaired) electrons. The minimum atomic E-state index is -8.62. The monoisotopic (exact) mass is 560 g/mol. The van der Waals surface area contributed by atoms with Crippen LogP contribution in [0.4, 0.5) is 74.6 Å². The Morgan fingerprint density at radius 3 is 1.00 bits per heavy atom. The third-order valence-corrected chi connectivity index (χ3v) is 5.93.